The first-order valence-corrected chi connectivity index (χ1v) is 9.78. The Kier molecular flexibility index (Phi) is 5.47. The molecule has 2 aliphatic rings. The van der Waals surface area contributed by atoms with E-state index in [-0.39, 0.29) is 30.4 Å². The lowest BCUT2D eigenvalue weighted by Gasteiger charge is -2.27. The number of nitrogens with one attached hydrogen (secondary N) is 1. The Balaban J connectivity index is 1.59. The molecule has 4 rings (SSSR count). The van der Waals surface area contributed by atoms with E-state index in [0.717, 1.165) is 22.8 Å². The molecule has 1 amide bonds. The van der Waals surface area contributed by atoms with Gasteiger partial charge in [-0.05, 0) is 36.3 Å². The lowest BCUT2D eigenvalue weighted by molar-refractivity contribution is -0.138. The summed E-state index contributed by atoms with van der Waals surface area (Å²) in [6.07, 6.45) is -4.17. The van der Waals surface area contributed by atoms with Crippen LogP contribution in [-0.2, 0) is 17.6 Å². The van der Waals surface area contributed by atoms with Gasteiger partial charge in [-0.15, -0.1) is 0 Å². The van der Waals surface area contributed by atoms with Gasteiger partial charge in [0, 0.05) is 23.5 Å². The molecule has 162 valence electrons. The van der Waals surface area contributed by atoms with Crippen molar-refractivity contribution in [2.75, 3.05) is 13.7 Å². The number of hydrogen-bond donors (Lipinski definition) is 1. The molecule has 8 heteroatoms. The molecule has 1 fully saturated rings. The van der Waals surface area contributed by atoms with Crippen molar-refractivity contribution >= 4 is 11.7 Å². The fourth-order valence-electron chi connectivity index (χ4n) is 3.99. The molecule has 2 aromatic carbocycles. The number of hydrogen-bond acceptors (Lipinski definition) is 4. The molecule has 31 heavy (non-hydrogen) atoms. The first-order valence-electron chi connectivity index (χ1n) is 9.78. The second kappa shape index (κ2) is 8.09. The van der Waals surface area contributed by atoms with E-state index >= 15 is 0 Å². The molecule has 1 saturated heterocycles. The van der Waals surface area contributed by atoms with Crippen LogP contribution in [-0.4, -0.2) is 25.4 Å². The third-order valence-electron chi connectivity index (χ3n) is 5.48. The van der Waals surface area contributed by atoms with Gasteiger partial charge in [0.1, 0.15) is 12.4 Å². The number of methoxy groups -OCH3 is 1. The highest BCUT2D eigenvalue weighted by molar-refractivity contribution is 6.13. The van der Waals surface area contributed by atoms with E-state index in [1.54, 1.807) is 18.2 Å². The number of carbonyl (C=O) groups is 1. The molecule has 2 aliphatic heterocycles. The van der Waals surface area contributed by atoms with Crippen molar-refractivity contribution in [2.24, 2.45) is 4.99 Å². The molecule has 0 bridgehead atoms. The van der Waals surface area contributed by atoms with Crippen LogP contribution in [0.2, 0.25) is 0 Å². The molecular formula is C23H21F3N2O3. The second-order valence-corrected chi connectivity index (χ2v) is 7.52. The Labute approximate surface area is 177 Å². The van der Waals surface area contributed by atoms with Crippen LogP contribution in [0.25, 0.3) is 0 Å². The number of rotatable bonds is 5. The van der Waals surface area contributed by atoms with Crippen LogP contribution in [0.15, 0.2) is 58.6 Å². The van der Waals surface area contributed by atoms with Gasteiger partial charge in [0.05, 0.1) is 19.2 Å². The zero-order valence-electron chi connectivity index (χ0n) is 17.0. The summed E-state index contributed by atoms with van der Waals surface area (Å²) >= 11 is 0. The van der Waals surface area contributed by atoms with E-state index < -0.39 is 11.7 Å². The minimum atomic E-state index is -4.46. The third kappa shape index (κ3) is 4.15. The van der Waals surface area contributed by atoms with Gasteiger partial charge >= 0.3 is 6.18 Å². The summed E-state index contributed by atoms with van der Waals surface area (Å²) in [4.78, 5) is 16.5. The topological polar surface area (TPSA) is 59.9 Å². The quantitative estimate of drug-likeness (QED) is 0.753. The number of amides is 1. The fourth-order valence-corrected chi connectivity index (χ4v) is 3.99. The van der Waals surface area contributed by atoms with Gasteiger partial charge in [0.2, 0.25) is 5.91 Å². The van der Waals surface area contributed by atoms with Gasteiger partial charge in [0.15, 0.2) is 11.5 Å². The van der Waals surface area contributed by atoms with Crippen LogP contribution < -0.4 is 14.8 Å². The van der Waals surface area contributed by atoms with Crippen molar-refractivity contribution in [3.63, 3.8) is 0 Å². The van der Waals surface area contributed by atoms with E-state index in [4.69, 9.17) is 9.47 Å². The SMILES string of the molecule is COc1cc(C2CC(=O)NC3=NCC(C)=C32)ccc1OCc1ccccc1C(F)(F)F. The van der Waals surface area contributed by atoms with Gasteiger partial charge in [-0.1, -0.05) is 24.3 Å². The average molecular weight is 430 g/mol. The second-order valence-electron chi connectivity index (χ2n) is 7.52. The van der Waals surface area contributed by atoms with Crippen molar-refractivity contribution in [1.82, 2.24) is 5.32 Å². The fraction of sp³-hybridized carbons (Fsp3) is 0.304. The zero-order chi connectivity index (χ0) is 22.2. The van der Waals surface area contributed by atoms with E-state index in [1.165, 1.54) is 19.2 Å². The van der Waals surface area contributed by atoms with Gasteiger partial charge in [0.25, 0.3) is 0 Å². The highest BCUT2D eigenvalue weighted by atomic mass is 19.4. The number of piperidine rings is 1. The minimum Gasteiger partial charge on any atom is -0.493 e. The van der Waals surface area contributed by atoms with Gasteiger partial charge in [-0.25, -0.2) is 0 Å². The Hall–Kier alpha value is -3.29. The first kappa shape index (κ1) is 21.0. The molecule has 5 nitrogen and oxygen atoms in total. The number of benzene rings is 2. The van der Waals surface area contributed by atoms with E-state index in [1.807, 2.05) is 13.0 Å². The van der Waals surface area contributed by atoms with Crippen LogP contribution in [0.5, 0.6) is 11.5 Å². The number of carbonyl (C=O) groups excluding carboxylic acids is 1. The Morgan fingerprint density at radius 3 is 2.68 bits per heavy atom. The normalized spacial score (nSPS) is 18.4. The maximum atomic E-state index is 13.2. The molecule has 0 spiro atoms. The lowest BCUT2D eigenvalue weighted by Crippen LogP contribution is -2.39. The maximum absolute atomic E-state index is 13.2. The van der Waals surface area contributed by atoms with Crippen molar-refractivity contribution < 1.29 is 27.4 Å². The van der Waals surface area contributed by atoms with Crippen LogP contribution in [0, 0.1) is 0 Å². The molecule has 1 N–H and O–H groups in total. The van der Waals surface area contributed by atoms with Crippen LogP contribution in [0.1, 0.15) is 36.0 Å². The smallest absolute Gasteiger partial charge is 0.416 e. The Morgan fingerprint density at radius 1 is 1.16 bits per heavy atom. The first-order chi connectivity index (χ1) is 14.8. The summed E-state index contributed by atoms with van der Waals surface area (Å²) in [6, 6.07) is 10.6. The van der Waals surface area contributed by atoms with Gasteiger partial charge in [-0.3, -0.25) is 9.79 Å². The summed E-state index contributed by atoms with van der Waals surface area (Å²) in [5, 5.41) is 2.81. The van der Waals surface area contributed by atoms with Crippen molar-refractivity contribution in [2.45, 2.75) is 32.0 Å². The highest BCUT2D eigenvalue weighted by Gasteiger charge is 2.35. The van der Waals surface area contributed by atoms with Crippen LogP contribution in [0.4, 0.5) is 13.2 Å². The number of nitrogens with zero attached hydrogens (tertiary/aromatic N) is 1. The summed E-state index contributed by atoms with van der Waals surface area (Å²) in [6.45, 7) is 2.29. The lowest BCUT2D eigenvalue weighted by atomic mass is 9.83. The predicted octanol–water partition coefficient (Wildman–Crippen LogP) is 4.63. The van der Waals surface area contributed by atoms with E-state index in [9.17, 15) is 18.0 Å². The van der Waals surface area contributed by atoms with Gasteiger partial charge < -0.3 is 14.8 Å². The van der Waals surface area contributed by atoms with Crippen LogP contribution >= 0.6 is 0 Å². The van der Waals surface area contributed by atoms with Crippen LogP contribution in [0.3, 0.4) is 0 Å². The predicted molar refractivity (Wildman–Crippen MR) is 109 cm³/mol. The zero-order valence-corrected chi connectivity index (χ0v) is 17.0. The van der Waals surface area contributed by atoms with E-state index in [0.29, 0.717) is 23.9 Å². The summed E-state index contributed by atoms with van der Waals surface area (Å²) in [5.74, 6) is 1.06. The minimum absolute atomic E-state index is 0.0395. The van der Waals surface area contributed by atoms with E-state index in [2.05, 4.69) is 10.3 Å². The van der Waals surface area contributed by atoms with Crippen molar-refractivity contribution in [3.05, 3.63) is 70.3 Å². The molecule has 2 aromatic rings. The largest absolute Gasteiger partial charge is 0.493 e. The van der Waals surface area contributed by atoms with Crippen molar-refractivity contribution in [1.29, 1.82) is 0 Å². The number of amidine groups is 1. The number of ether oxygens (including phenoxy) is 2. The number of halogens is 3. The molecule has 0 aromatic heterocycles. The number of fused-ring (bicyclic) bond motifs is 1. The Bertz CT molecular complexity index is 1090. The highest BCUT2D eigenvalue weighted by Crippen LogP contribution is 2.40. The van der Waals surface area contributed by atoms with Crippen molar-refractivity contribution in [3.8, 4) is 11.5 Å². The Morgan fingerprint density at radius 2 is 1.94 bits per heavy atom. The summed E-state index contributed by atoms with van der Waals surface area (Å²) in [7, 11) is 1.47. The number of aliphatic imine (C=N–C) groups is 1. The van der Waals surface area contributed by atoms with Gasteiger partial charge in [-0.2, -0.15) is 13.2 Å². The molecule has 0 aliphatic carbocycles. The molecule has 1 unspecified atom stereocenters. The maximum Gasteiger partial charge on any atom is 0.416 e. The standard InChI is InChI=1S/C23H21F3N2O3/c1-13-11-27-22-21(13)16(10-20(29)28-22)14-7-8-18(19(9-14)30-2)31-12-15-5-3-4-6-17(15)23(24,25)26/h3-9,16H,10-12H2,1-2H3,(H,27,28,29). The monoisotopic (exact) mass is 430 g/mol. The molecule has 1 atom stereocenters. The average Bonchev–Trinajstić information content (AvgIpc) is 3.11. The summed E-state index contributed by atoms with van der Waals surface area (Å²) in [5.41, 5.74) is 2.28. The molecule has 0 saturated carbocycles. The molecular weight excluding hydrogens is 409 g/mol. The molecule has 2 heterocycles. The third-order valence-corrected chi connectivity index (χ3v) is 5.48. The summed E-state index contributed by atoms with van der Waals surface area (Å²) < 4.78 is 50.8. The number of alkyl halides is 3. The molecule has 0 radical (unpaired) electrons.